The first-order valence-corrected chi connectivity index (χ1v) is 11.7. The Balaban J connectivity index is 2.01. The molecule has 1 unspecified atom stereocenters. The Bertz CT molecular complexity index is 1460. The molecule has 0 aliphatic carbocycles. The molecule has 1 aliphatic heterocycles. The maximum Gasteiger partial charge on any atom is 0.338 e. The quantitative estimate of drug-likeness (QED) is 0.492. The predicted octanol–water partition coefficient (Wildman–Crippen LogP) is 4.11. The van der Waals surface area contributed by atoms with Gasteiger partial charge in [0.25, 0.3) is 5.56 Å². The van der Waals surface area contributed by atoms with Gasteiger partial charge in [0.2, 0.25) is 0 Å². The van der Waals surface area contributed by atoms with Crippen molar-refractivity contribution < 1.29 is 14.3 Å². The molecule has 2 heterocycles. The fourth-order valence-corrected chi connectivity index (χ4v) is 5.15. The van der Waals surface area contributed by atoms with E-state index in [1.165, 1.54) is 15.9 Å². The Kier molecular flexibility index (Phi) is 6.74. The van der Waals surface area contributed by atoms with Gasteiger partial charge in [0.05, 0.1) is 39.6 Å². The normalized spacial score (nSPS) is 15.8. The van der Waals surface area contributed by atoms with Gasteiger partial charge in [0.15, 0.2) is 4.80 Å². The van der Waals surface area contributed by atoms with Gasteiger partial charge in [-0.1, -0.05) is 64.9 Å². The van der Waals surface area contributed by atoms with E-state index in [1.807, 2.05) is 18.2 Å². The summed E-state index contributed by atoms with van der Waals surface area (Å²) in [5.41, 5.74) is 1.74. The summed E-state index contributed by atoms with van der Waals surface area (Å²) in [4.78, 5) is 31.6. The molecule has 3 aromatic rings. The first-order valence-electron chi connectivity index (χ1n) is 10.1. The van der Waals surface area contributed by atoms with Crippen LogP contribution in [0.5, 0.6) is 5.75 Å². The molecule has 9 heteroatoms. The SMILES string of the molecule is CCOC(=O)C1=C(C)N=c2sc(=Cc3cccc(Cl)c3Cl)c(=O)n2C1c1ccccc1OC. The summed E-state index contributed by atoms with van der Waals surface area (Å²) in [6.07, 6.45) is 1.68. The van der Waals surface area contributed by atoms with Crippen LogP contribution in [0.25, 0.3) is 6.08 Å². The van der Waals surface area contributed by atoms with Crippen LogP contribution < -0.4 is 19.6 Å². The molecular formula is C24H20Cl2N2O4S. The van der Waals surface area contributed by atoms with E-state index in [0.717, 1.165) is 0 Å². The molecule has 0 saturated carbocycles. The number of benzene rings is 2. The first kappa shape index (κ1) is 23.3. The number of fused-ring (bicyclic) bond motifs is 1. The molecular weight excluding hydrogens is 483 g/mol. The molecule has 0 saturated heterocycles. The predicted molar refractivity (Wildman–Crippen MR) is 130 cm³/mol. The number of carbonyl (C=O) groups excluding carboxylic acids is 1. The Morgan fingerprint density at radius 2 is 1.97 bits per heavy atom. The van der Waals surface area contributed by atoms with Gasteiger partial charge in [-0.2, -0.15) is 0 Å². The molecule has 0 N–H and O–H groups in total. The summed E-state index contributed by atoms with van der Waals surface area (Å²) in [7, 11) is 1.55. The zero-order valence-corrected chi connectivity index (χ0v) is 20.4. The Morgan fingerprint density at radius 3 is 2.70 bits per heavy atom. The topological polar surface area (TPSA) is 69.9 Å². The van der Waals surface area contributed by atoms with E-state index < -0.39 is 12.0 Å². The third kappa shape index (κ3) is 4.24. The molecule has 0 bridgehead atoms. The van der Waals surface area contributed by atoms with E-state index in [2.05, 4.69) is 4.99 Å². The highest BCUT2D eigenvalue weighted by Crippen LogP contribution is 2.35. The number of carbonyl (C=O) groups is 1. The molecule has 0 spiro atoms. The van der Waals surface area contributed by atoms with E-state index >= 15 is 0 Å². The lowest BCUT2D eigenvalue weighted by Gasteiger charge is -2.25. The number of halogens is 2. The van der Waals surface area contributed by atoms with Gasteiger partial charge in [-0.05, 0) is 37.6 Å². The minimum Gasteiger partial charge on any atom is -0.496 e. The van der Waals surface area contributed by atoms with Crippen molar-refractivity contribution in [2.24, 2.45) is 4.99 Å². The van der Waals surface area contributed by atoms with Crippen LogP contribution in [0, 0.1) is 0 Å². The molecule has 4 rings (SSSR count). The van der Waals surface area contributed by atoms with Crippen LogP contribution in [0.2, 0.25) is 10.0 Å². The maximum atomic E-state index is 13.6. The second kappa shape index (κ2) is 9.55. The summed E-state index contributed by atoms with van der Waals surface area (Å²) < 4.78 is 12.8. The number of allylic oxidation sites excluding steroid dienone is 1. The van der Waals surface area contributed by atoms with Crippen LogP contribution in [0.1, 0.15) is 31.0 Å². The highest BCUT2D eigenvalue weighted by atomic mass is 35.5. The molecule has 1 aromatic heterocycles. The Morgan fingerprint density at radius 1 is 1.21 bits per heavy atom. The summed E-state index contributed by atoms with van der Waals surface area (Å²) in [6, 6.07) is 11.7. The largest absolute Gasteiger partial charge is 0.496 e. The minimum atomic E-state index is -0.756. The molecule has 2 aromatic carbocycles. The molecule has 0 radical (unpaired) electrons. The number of hydrogen-bond acceptors (Lipinski definition) is 6. The zero-order valence-electron chi connectivity index (χ0n) is 18.1. The lowest BCUT2D eigenvalue weighted by atomic mass is 9.95. The van der Waals surface area contributed by atoms with Gasteiger partial charge >= 0.3 is 5.97 Å². The Labute approximate surface area is 204 Å². The van der Waals surface area contributed by atoms with Crippen molar-refractivity contribution in [3.63, 3.8) is 0 Å². The van der Waals surface area contributed by atoms with Crippen molar-refractivity contribution in [1.29, 1.82) is 0 Å². The molecule has 1 atom stereocenters. The van der Waals surface area contributed by atoms with Crippen LogP contribution in [0.3, 0.4) is 0 Å². The van der Waals surface area contributed by atoms with Crippen LogP contribution in [0.15, 0.2) is 63.5 Å². The average molecular weight is 503 g/mol. The summed E-state index contributed by atoms with van der Waals surface area (Å²) >= 11 is 13.7. The lowest BCUT2D eigenvalue weighted by Crippen LogP contribution is -2.40. The second-order valence-corrected chi connectivity index (χ2v) is 8.98. The minimum absolute atomic E-state index is 0.200. The van der Waals surface area contributed by atoms with Gasteiger partial charge in [-0.3, -0.25) is 9.36 Å². The van der Waals surface area contributed by atoms with Crippen LogP contribution in [0.4, 0.5) is 0 Å². The number of para-hydroxylation sites is 1. The van der Waals surface area contributed by atoms with E-state index in [0.29, 0.717) is 47.5 Å². The van der Waals surface area contributed by atoms with Gasteiger partial charge in [-0.25, -0.2) is 9.79 Å². The highest BCUT2D eigenvalue weighted by molar-refractivity contribution is 7.07. The fraction of sp³-hybridized carbons (Fsp3) is 0.208. The monoisotopic (exact) mass is 502 g/mol. The first-order chi connectivity index (χ1) is 15.9. The summed E-state index contributed by atoms with van der Waals surface area (Å²) in [6.45, 7) is 3.67. The van der Waals surface area contributed by atoms with E-state index in [1.54, 1.807) is 51.3 Å². The fourth-order valence-electron chi connectivity index (χ4n) is 3.75. The van der Waals surface area contributed by atoms with Crippen LogP contribution in [-0.4, -0.2) is 24.3 Å². The van der Waals surface area contributed by atoms with Crippen molar-refractivity contribution in [2.75, 3.05) is 13.7 Å². The number of thiazole rings is 1. The smallest absolute Gasteiger partial charge is 0.338 e. The van der Waals surface area contributed by atoms with Crippen molar-refractivity contribution in [3.8, 4) is 5.75 Å². The van der Waals surface area contributed by atoms with Gasteiger partial charge in [0.1, 0.15) is 11.8 Å². The molecule has 0 fully saturated rings. The second-order valence-electron chi connectivity index (χ2n) is 7.19. The molecule has 170 valence electrons. The molecule has 0 amide bonds. The number of ether oxygens (including phenoxy) is 2. The number of rotatable bonds is 5. The van der Waals surface area contributed by atoms with Crippen LogP contribution >= 0.6 is 34.5 Å². The van der Waals surface area contributed by atoms with Gasteiger partial charge in [0, 0.05) is 5.56 Å². The Hall–Kier alpha value is -2.87. The number of nitrogens with zero attached hydrogens (tertiary/aromatic N) is 2. The standard InChI is InChI=1S/C24H20Cl2N2O4S/c1-4-32-23(30)19-13(2)27-24-28(21(19)15-9-5-6-11-17(15)31-3)22(29)18(33-24)12-14-8-7-10-16(25)20(14)26/h5-12,21H,4H2,1-3H3. The van der Waals surface area contributed by atoms with Gasteiger partial charge < -0.3 is 9.47 Å². The molecule has 33 heavy (non-hydrogen) atoms. The molecule has 6 nitrogen and oxygen atoms in total. The van der Waals surface area contributed by atoms with Crippen LogP contribution in [-0.2, 0) is 9.53 Å². The van der Waals surface area contributed by atoms with E-state index in [-0.39, 0.29) is 12.2 Å². The van der Waals surface area contributed by atoms with Crippen molar-refractivity contribution in [1.82, 2.24) is 4.57 Å². The van der Waals surface area contributed by atoms with Crippen molar-refractivity contribution in [3.05, 3.63) is 94.6 Å². The number of esters is 1. The average Bonchev–Trinajstić information content (AvgIpc) is 3.10. The number of aromatic nitrogens is 1. The van der Waals surface area contributed by atoms with E-state index in [4.69, 9.17) is 32.7 Å². The van der Waals surface area contributed by atoms with E-state index in [9.17, 15) is 9.59 Å². The lowest BCUT2D eigenvalue weighted by molar-refractivity contribution is -0.139. The third-order valence-corrected chi connectivity index (χ3v) is 7.04. The van der Waals surface area contributed by atoms with Crippen molar-refractivity contribution >= 4 is 46.6 Å². The molecule has 1 aliphatic rings. The summed E-state index contributed by atoms with van der Waals surface area (Å²) in [5.74, 6) is 0.0216. The number of hydrogen-bond donors (Lipinski definition) is 0. The van der Waals surface area contributed by atoms with Crippen molar-refractivity contribution in [2.45, 2.75) is 19.9 Å². The van der Waals surface area contributed by atoms with Gasteiger partial charge in [-0.15, -0.1) is 0 Å². The number of methoxy groups -OCH3 is 1. The summed E-state index contributed by atoms with van der Waals surface area (Å²) in [5, 5.41) is 0.750. The zero-order chi connectivity index (χ0) is 23.7. The third-order valence-electron chi connectivity index (χ3n) is 5.22. The maximum absolute atomic E-state index is 13.6. The highest BCUT2D eigenvalue weighted by Gasteiger charge is 2.34.